The second-order valence-corrected chi connectivity index (χ2v) is 5.75. The number of nitrogens with one attached hydrogen (secondary N) is 1. The van der Waals surface area contributed by atoms with E-state index in [2.05, 4.69) is 5.32 Å². The second kappa shape index (κ2) is 8.48. The molecule has 2 aromatic rings. The zero-order valence-corrected chi connectivity index (χ0v) is 14.9. The molecule has 25 heavy (non-hydrogen) atoms. The van der Waals surface area contributed by atoms with Gasteiger partial charge in [0.1, 0.15) is 5.75 Å². The van der Waals surface area contributed by atoms with Gasteiger partial charge in [-0.15, -0.1) is 0 Å². The molecule has 0 bridgehead atoms. The lowest BCUT2D eigenvalue weighted by Gasteiger charge is -2.24. The molecule has 2 aromatic carbocycles. The van der Waals surface area contributed by atoms with Crippen molar-refractivity contribution in [3.63, 3.8) is 0 Å². The first-order valence-corrected chi connectivity index (χ1v) is 7.92. The van der Waals surface area contributed by atoms with Gasteiger partial charge in [0.2, 0.25) is 5.91 Å². The van der Waals surface area contributed by atoms with Crippen molar-refractivity contribution >= 4 is 11.6 Å². The lowest BCUT2D eigenvalue weighted by molar-refractivity contribution is -0.120. The quantitative estimate of drug-likeness (QED) is 0.836. The van der Waals surface area contributed by atoms with Gasteiger partial charge in [-0.3, -0.25) is 9.69 Å². The minimum absolute atomic E-state index is 0.166. The van der Waals surface area contributed by atoms with Crippen molar-refractivity contribution in [1.29, 1.82) is 0 Å². The number of nitrogens with zero attached hydrogens (tertiary/aromatic N) is 1. The van der Waals surface area contributed by atoms with E-state index in [9.17, 15) is 9.18 Å². The Morgan fingerprint density at radius 3 is 2.48 bits per heavy atom. The molecule has 0 saturated heterocycles. The highest BCUT2D eigenvalue weighted by Gasteiger charge is 2.19. The maximum Gasteiger partial charge on any atom is 0.241 e. The summed E-state index contributed by atoms with van der Waals surface area (Å²) in [6, 6.07) is 11.6. The molecule has 0 saturated carbocycles. The Morgan fingerprint density at radius 1 is 1.16 bits per heavy atom. The number of para-hydroxylation sites is 2. The van der Waals surface area contributed by atoms with Crippen LogP contribution in [0.15, 0.2) is 42.5 Å². The highest BCUT2D eigenvalue weighted by molar-refractivity contribution is 5.95. The molecule has 1 N–H and O–H groups in total. The van der Waals surface area contributed by atoms with E-state index >= 15 is 0 Å². The van der Waals surface area contributed by atoms with Gasteiger partial charge in [0.15, 0.2) is 11.6 Å². The topological polar surface area (TPSA) is 50.8 Å². The van der Waals surface area contributed by atoms with E-state index in [0.717, 1.165) is 5.56 Å². The van der Waals surface area contributed by atoms with Crippen molar-refractivity contribution in [1.82, 2.24) is 4.90 Å². The number of anilines is 1. The van der Waals surface area contributed by atoms with Gasteiger partial charge in [-0.25, -0.2) is 4.39 Å². The van der Waals surface area contributed by atoms with Crippen LogP contribution in [0.3, 0.4) is 0 Å². The van der Waals surface area contributed by atoms with Gasteiger partial charge >= 0.3 is 0 Å². The number of hydrogen-bond acceptors (Lipinski definition) is 4. The first kappa shape index (κ1) is 18.7. The Labute approximate surface area is 147 Å². The summed E-state index contributed by atoms with van der Waals surface area (Å²) < 4.78 is 23.9. The van der Waals surface area contributed by atoms with Gasteiger partial charge in [-0.05, 0) is 43.8 Å². The maximum absolute atomic E-state index is 13.8. The first-order valence-electron chi connectivity index (χ1n) is 7.92. The molecule has 0 aromatic heterocycles. The summed E-state index contributed by atoms with van der Waals surface area (Å²) in [7, 11) is 4.79. The number of halogens is 1. The number of ether oxygens (including phenoxy) is 2. The lowest BCUT2D eigenvalue weighted by Crippen LogP contribution is -2.39. The summed E-state index contributed by atoms with van der Waals surface area (Å²) in [5, 5.41) is 2.86. The van der Waals surface area contributed by atoms with E-state index < -0.39 is 11.9 Å². The van der Waals surface area contributed by atoms with Gasteiger partial charge in [-0.1, -0.05) is 18.2 Å². The Morgan fingerprint density at radius 2 is 1.84 bits per heavy atom. The minimum atomic E-state index is -0.417. The molecule has 1 amide bonds. The van der Waals surface area contributed by atoms with Crippen LogP contribution >= 0.6 is 0 Å². The number of carbonyl (C=O) groups is 1. The normalized spacial score (nSPS) is 11.9. The number of rotatable bonds is 7. The number of likely N-dealkylation sites (N-methyl/N-ethyl adjacent to an activating group) is 1. The molecular weight excluding hydrogens is 323 g/mol. The molecule has 0 heterocycles. The Hall–Kier alpha value is -2.60. The van der Waals surface area contributed by atoms with Crippen molar-refractivity contribution in [2.75, 3.05) is 26.6 Å². The van der Waals surface area contributed by atoms with E-state index in [-0.39, 0.29) is 11.7 Å². The number of benzene rings is 2. The molecule has 0 aliphatic rings. The van der Waals surface area contributed by atoms with E-state index in [1.54, 1.807) is 38.3 Å². The predicted octanol–water partition coefficient (Wildman–Crippen LogP) is 3.30. The van der Waals surface area contributed by atoms with Crippen LogP contribution in [0.1, 0.15) is 12.5 Å². The molecule has 0 radical (unpaired) electrons. The minimum Gasteiger partial charge on any atom is -0.495 e. The summed E-state index contributed by atoms with van der Waals surface area (Å²) in [4.78, 5) is 14.3. The van der Waals surface area contributed by atoms with Crippen LogP contribution in [-0.2, 0) is 11.3 Å². The molecule has 134 valence electrons. The average molecular weight is 346 g/mol. The fraction of sp³-hybridized carbons (Fsp3) is 0.316. The van der Waals surface area contributed by atoms with Crippen LogP contribution in [0.25, 0.3) is 0 Å². The third-order valence-electron chi connectivity index (χ3n) is 4.05. The van der Waals surface area contributed by atoms with Gasteiger partial charge in [0.25, 0.3) is 0 Å². The summed E-state index contributed by atoms with van der Waals surface area (Å²) in [5.41, 5.74) is 1.38. The van der Waals surface area contributed by atoms with Crippen molar-refractivity contribution in [2.24, 2.45) is 0 Å². The van der Waals surface area contributed by atoms with E-state index in [4.69, 9.17) is 9.47 Å². The van der Waals surface area contributed by atoms with E-state index in [1.807, 2.05) is 24.1 Å². The first-order chi connectivity index (χ1) is 12.0. The monoisotopic (exact) mass is 346 g/mol. The van der Waals surface area contributed by atoms with Crippen LogP contribution in [0.4, 0.5) is 10.1 Å². The fourth-order valence-electron chi connectivity index (χ4n) is 2.42. The molecule has 1 atom stereocenters. The summed E-state index contributed by atoms with van der Waals surface area (Å²) in [6.07, 6.45) is 0. The van der Waals surface area contributed by atoms with Gasteiger partial charge < -0.3 is 14.8 Å². The molecule has 0 spiro atoms. The van der Waals surface area contributed by atoms with Crippen LogP contribution in [0.5, 0.6) is 11.5 Å². The van der Waals surface area contributed by atoms with Crippen molar-refractivity contribution in [2.45, 2.75) is 19.5 Å². The standard InChI is InChI=1S/C19H23FN2O3/c1-13(19(23)21-16-7-5-6-8-18(16)25-4)22(2)12-14-9-10-17(24-3)15(20)11-14/h5-11,13H,12H2,1-4H3,(H,21,23)/t13-/m1/s1. The van der Waals surface area contributed by atoms with Gasteiger partial charge in [0, 0.05) is 6.54 Å². The third kappa shape index (κ3) is 4.70. The summed E-state index contributed by atoms with van der Waals surface area (Å²) in [6.45, 7) is 2.23. The highest BCUT2D eigenvalue weighted by Crippen LogP contribution is 2.24. The second-order valence-electron chi connectivity index (χ2n) is 5.75. The number of carbonyl (C=O) groups excluding carboxylic acids is 1. The SMILES string of the molecule is COc1ccc(CN(C)[C@H](C)C(=O)Nc2ccccc2OC)cc1F. The van der Waals surface area contributed by atoms with E-state index in [0.29, 0.717) is 18.0 Å². The van der Waals surface area contributed by atoms with Crippen molar-refractivity contribution < 1.29 is 18.7 Å². The van der Waals surface area contributed by atoms with Crippen LogP contribution in [0, 0.1) is 5.82 Å². The van der Waals surface area contributed by atoms with Crippen molar-refractivity contribution in [3.05, 3.63) is 53.8 Å². The Bertz CT molecular complexity index is 736. The predicted molar refractivity (Wildman–Crippen MR) is 95.5 cm³/mol. The molecule has 2 rings (SSSR count). The lowest BCUT2D eigenvalue weighted by atomic mass is 10.1. The largest absolute Gasteiger partial charge is 0.495 e. The molecule has 5 nitrogen and oxygen atoms in total. The van der Waals surface area contributed by atoms with Crippen LogP contribution in [0.2, 0.25) is 0 Å². The Balaban J connectivity index is 2.02. The third-order valence-corrected chi connectivity index (χ3v) is 4.05. The number of hydrogen-bond donors (Lipinski definition) is 1. The highest BCUT2D eigenvalue weighted by atomic mass is 19.1. The summed E-state index contributed by atoms with van der Waals surface area (Å²) >= 11 is 0. The van der Waals surface area contributed by atoms with Crippen LogP contribution < -0.4 is 14.8 Å². The molecule has 0 unspecified atom stereocenters. The molecule has 6 heteroatoms. The number of amides is 1. The zero-order valence-electron chi connectivity index (χ0n) is 14.9. The van der Waals surface area contributed by atoms with Crippen molar-refractivity contribution in [3.8, 4) is 11.5 Å². The van der Waals surface area contributed by atoms with Crippen LogP contribution in [-0.4, -0.2) is 38.1 Å². The maximum atomic E-state index is 13.8. The van der Waals surface area contributed by atoms with Gasteiger partial charge in [0.05, 0.1) is 25.9 Å². The number of methoxy groups -OCH3 is 2. The molecule has 0 fully saturated rings. The smallest absolute Gasteiger partial charge is 0.241 e. The van der Waals surface area contributed by atoms with Gasteiger partial charge in [-0.2, -0.15) is 0 Å². The zero-order chi connectivity index (χ0) is 18.4. The molecule has 0 aliphatic carbocycles. The fourth-order valence-corrected chi connectivity index (χ4v) is 2.42. The summed E-state index contributed by atoms with van der Waals surface area (Å²) in [5.74, 6) is 0.219. The Kier molecular flexibility index (Phi) is 6.36. The van der Waals surface area contributed by atoms with E-state index in [1.165, 1.54) is 13.2 Å². The molecular formula is C19H23FN2O3. The molecule has 0 aliphatic heterocycles. The average Bonchev–Trinajstić information content (AvgIpc) is 2.61.